The van der Waals surface area contributed by atoms with Crippen molar-refractivity contribution in [2.24, 2.45) is 5.41 Å². The molecule has 2 rings (SSSR count). The maximum Gasteiger partial charge on any atom is 0.129 e. The van der Waals surface area contributed by atoms with Crippen LogP contribution in [-0.4, -0.2) is 11.3 Å². The van der Waals surface area contributed by atoms with E-state index < -0.39 is 5.41 Å². The van der Waals surface area contributed by atoms with Crippen LogP contribution in [0.5, 0.6) is 0 Å². The molecule has 0 N–H and O–H groups in total. The van der Waals surface area contributed by atoms with E-state index in [0.717, 1.165) is 17.4 Å². The first-order valence-corrected chi connectivity index (χ1v) is 6.55. The molecule has 0 radical (unpaired) electrons. The van der Waals surface area contributed by atoms with Crippen LogP contribution in [0, 0.1) is 5.41 Å². The summed E-state index contributed by atoms with van der Waals surface area (Å²) in [4.78, 5) is 15.6. The number of carbonyl (C=O) groups is 1. The fourth-order valence-electron chi connectivity index (χ4n) is 2.32. The molecule has 3 heteroatoms. The van der Waals surface area contributed by atoms with Gasteiger partial charge in [0.15, 0.2) is 0 Å². The van der Waals surface area contributed by atoms with Crippen LogP contribution >= 0.6 is 11.6 Å². The number of aromatic nitrogens is 1. The van der Waals surface area contributed by atoms with Crippen LogP contribution in [-0.2, 0) is 4.79 Å². The summed E-state index contributed by atoms with van der Waals surface area (Å²) in [7, 11) is 0. The van der Waals surface area contributed by atoms with Gasteiger partial charge in [0.05, 0.1) is 0 Å². The summed E-state index contributed by atoms with van der Waals surface area (Å²) in [6.45, 7) is 3.87. The van der Waals surface area contributed by atoms with Crippen molar-refractivity contribution in [2.75, 3.05) is 0 Å². The van der Waals surface area contributed by atoms with Crippen molar-refractivity contribution >= 4 is 17.9 Å². The zero-order valence-electron chi connectivity index (χ0n) is 11.0. The van der Waals surface area contributed by atoms with Gasteiger partial charge in [0, 0.05) is 17.5 Å². The molecule has 1 unspecified atom stereocenters. The Labute approximate surface area is 118 Å². The van der Waals surface area contributed by atoms with Crippen molar-refractivity contribution in [1.82, 2.24) is 4.98 Å². The molecule has 19 heavy (non-hydrogen) atoms. The summed E-state index contributed by atoms with van der Waals surface area (Å²) in [5.41, 5.74) is 1.59. The van der Waals surface area contributed by atoms with Gasteiger partial charge < -0.3 is 4.79 Å². The van der Waals surface area contributed by atoms with E-state index in [1.54, 1.807) is 12.3 Å². The molecule has 0 aliphatic carbocycles. The first kappa shape index (κ1) is 13.8. The average Bonchev–Trinajstić information content (AvgIpc) is 2.42. The minimum absolute atomic E-state index is 0.0315. The van der Waals surface area contributed by atoms with Gasteiger partial charge in [-0.25, -0.2) is 4.98 Å². The lowest BCUT2D eigenvalue weighted by Gasteiger charge is -2.30. The normalized spacial score (nSPS) is 13.0. The van der Waals surface area contributed by atoms with E-state index in [-0.39, 0.29) is 5.92 Å². The standard InChI is InChI=1S/C16H16ClNO/c1-16(2,11-19)15(12-6-4-3-5-7-12)13-8-9-14(17)18-10-13/h3-11,15H,1-2H3. The van der Waals surface area contributed by atoms with Gasteiger partial charge in [-0.2, -0.15) is 0 Å². The Bertz CT molecular complexity index is 549. The average molecular weight is 274 g/mol. The summed E-state index contributed by atoms with van der Waals surface area (Å²) in [6, 6.07) is 13.7. The summed E-state index contributed by atoms with van der Waals surface area (Å²) in [6.07, 6.45) is 2.74. The number of aldehydes is 1. The molecule has 0 aliphatic heterocycles. The molecule has 98 valence electrons. The Morgan fingerprint density at radius 3 is 2.32 bits per heavy atom. The molecule has 1 aromatic heterocycles. The van der Waals surface area contributed by atoms with E-state index in [4.69, 9.17) is 11.6 Å². The van der Waals surface area contributed by atoms with Crippen molar-refractivity contribution in [2.45, 2.75) is 19.8 Å². The van der Waals surface area contributed by atoms with E-state index in [1.807, 2.05) is 50.2 Å². The topological polar surface area (TPSA) is 30.0 Å². The second-order valence-electron chi connectivity index (χ2n) is 5.20. The van der Waals surface area contributed by atoms with Crippen LogP contribution in [0.25, 0.3) is 0 Å². The molecule has 1 atom stereocenters. The highest BCUT2D eigenvalue weighted by atomic mass is 35.5. The molecule has 0 saturated carbocycles. The van der Waals surface area contributed by atoms with Crippen molar-refractivity contribution in [3.05, 3.63) is 64.9 Å². The third-order valence-corrected chi connectivity index (χ3v) is 3.49. The van der Waals surface area contributed by atoms with Crippen LogP contribution in [0.15, 0.2) is 48.7 Å². The first-order chi connectivity index (χ1) is 9.04. The Hall–Kier alpha value is -1.67. The number of halogens is 1. The molecule has 0 fully saturated rings. The molecule has 2 nitrogen and oxygen atoms in total. The lowest BCUT2D eigenvalue weighted by molar-refractivity contribution is -0.115. The molecule has 0 spiro atoms. The number of benzene rings is 1. The smallest absolute Gasteiger partial charge is 0.129 e. The van der Waals surface area contributed by atoms with Crippen molar-refractivity contribution in [3.63, 3.8) is 0 Å². The fourth-order valence-corrected chi connectivity index (χ4v) is 2.43. The summed E-state index contributed by atoms with van der Waals surface area (Å²) >= 11 is 5.83. The summed E-state index contributed by atoms with van der Waals surface area (Å²) in [5.74, 6) is -0.0315. The first-order valence-electron chi connectivity index (χ1n) is 6.17. The second-order valence-corrected chi connectivity index (χ2v) is 5.58. The van der Waals surface area contributed by atoms with Gasteiger partial charge in [-0.3, -0.25) is 0 Å². The molecule has 1 aromatic carbocycles. The van der Waals surface area contributed by atoms with Crippen LogP contribution in [0.2, 0.25) is 5.15 Å². The van der Waals surface area contributed by atoms with Gasteiger partial charge >= 0.3 is 0 Å². The molecular formula is C16H16ClNO. The molecule has 0 bridgehead atoms. The molecule has 0 amide bonds. The number of rotatable bonds is 4. The Balaban J connectivity index is 2.52. The Kier molecular flexibility index (Phi) is 4.01. The second kappa shape index (κ2) is 5.54. The monoisotopic (exact) mass is 273 g/mol. The van der Waals surface area contributed by atoms with Crippen molar-refractivity contribution in [3.8, 4) is 0 Å². The predicted octanol–water partition coefficient (Wildman–Crippen LogP) is 4.09. The maximum atomic E-state index is 11.4. The largest absolute Gasteiger partial charge is 0.303 e. The zero-order chi connectivity index (χ0) is 13.9. The van der Waals surface area contributed by atoms with E-state index in [1.165, 1.54) is 0 Å². The minimum Gasteiger partial charge on any atom is -0.303 e. The molecule has 0 aliphatic rings. The number of carbonyl (C=O) groups excluding carboxylic acids is 1. The quantitative estimate of drug-likeness (QED) is 0.620. The highest BCUT2D eigenvalue weighted by molar-refractivity contribution is 6.29. The lowest BCUT2D eigenvalue weighted by atomic mass is 9.72. The van der Waals surface area contributed by atoms with Gasteiger partial charge in [0.2, 0.25) is 0 Å². The van der Waals surface area contributed by atoms with E-state index >= 15 is 0 Å². The van der Waals surface area contributed by atoms with Gasteiger partial charge in [-0.1, -0.05) is 61.8 Å². The van der Waals surface area contributed by atoms with Crippen LogP contribution in [0.1, 0.15) is 30.9 Å². The Morgan fingerprint density at radius 1 is 1.11 bits per heavy atom. The molecular weight excluding hydrogens is 258 g/mol. The molecule has 2 aromatic rings. The highest BCUT2D eigenvalue weighted by Gasteiger charge is 2.32. The molecule has 1 heterocycles. The van der Waals surface area contributed by atoms with Crippen molar-refractivity contribution < 1.29 is 4.79 Å². The van der Waals surface area contributed by atoms with Crippen LogP contribution < -0.4 is 0 Å². The summed E-state index contributed by atoms with van der Waals surface area (Å²) in [5, 5.41) is 0.458. The highest BCUT2D eigenvalue weighted by Crippen LogP contribution is 2.39. The lowest BCUT2D eigenvalue weighted by Crippen LogP contribution is -2.25. The van der Waals surface area contributed by atoms with E-state index in [9.17, 15) is 4.79 Å². The van der Waals surface area contributed by atoms with E-state index in [2.05, 4.69) is 4.98 Å². The van der Waals surface area contributed by atoms with Gasteiger partial charge in [-0.05, 0) is 17.2 Å². The van der Waals surface area contributed by atoms with Gasteiger partial charge in [0.25, 0.3) is 0 Å². The predicted molar refractivity (Wildman–Crippen MR) is 77.4 cm³/mol. The zero-order valence-corrected chi connectivity index (χ0v) is 11.8. The van der Waals surface area contributed by atoms with Gasteiger partial charge in [0.1, 0.15) is 11.4 Å². The number of hydrogen-bond donors (Lipinski definition) is 0. The minimum atomic E-state index is -0.503. The maximum absolute atomic E-state index is 11.4. The van der Waals surface area contributed by atoms with E-state index in [0.29, 0.717) is 5.15 Å². The third kappa shape index (κ3) is 3.02. The van der Waals surface area contributed by atoms with Crippen LogP contribution in [0.4, 0.5) is 0 Å². The Morgan fingerprint density at radius 2 is 1.79 bits per heavy atom. The fraction of sp³-hybridized carbons (Fsp3) is 0.250. The van der Waals surface area contributed by atoms with Gasteiger partial charge in [-0.15, -0.1) is 0 Å². The van der Waals surface area contributed by atoms with Crippen LogP contribution in [0.3, 0.4) is 0 Å². The van der Waals surface area contributed by atoms with Crippen molar-refractivity contribution in [1.29, 1.82) is 0 Å². The number of hydrogen-bond acceptors (Lipinski definition) is 2. The third-order valence-electron chi connectivity index (χ3n) is 3.26. The SMILES string of the molecule is CC(C)(C=O)C(c1ccccc1)c1ccc(Cl)nc1. The molecule has 0 saturated heterocycles. The number of nitrogens with zero attached hydrogens (tertiary/aromatic N) is 1. The number of pyridine rings is 1. The summed E-state index contributed by atoms with van der Waals surface area (Å²) < 4.78 is 0.